The normalized spacial score (nSPS) is 14.0. The van der Waals surface area contributed by atoms with E-state index in [9.17, 15) is 4.79 Å². The number of carbonyl (C=O) groups excluding carboxylic acids is 1. The Labute approximate surface area is 63.2 Å². The minimum Gasteiger partial charge on any atom is -0.468 e. The Hall–Kier alpha value is -0.570. The van der Waals surface area contributed by atoms with Gasteiger partial charge in [0, 0.05) is 0 Å². The highest BCUT2D eigenvalue weighted by Gasteiger charge is 1.95. The first-order chi connectivity index (χ1) is 5.22. The summed E-state index contributed by atoms with van der Waals surface area (Å²) >= 11 is 0. The van der Waals surface area contributed by atoms with E-state index in [0.29, 0.717) is 6.54 Å². The summed E-state index contributed by atoms with van der Waals surface area (Å²) in [4.78, 5) is 10.6. The van der Waals surface area contributed by atoms with Crippen molar-refractivity contribution >= 4 is 5.97 Å². The molecule has 0 radical (unpaired) electrons. The molecule has 0 fully saturated rings. The van der Waals surface area contributed by atoms with Crippen molar-refractivity contribution in [1.29, 1.82) is 0 Å². The molecule has 0 aromatic carbocycles. The maximum atomic E-state index is 10.6. The SMILES string of the molecule is [2H]C(NCCCC)C(=O)OC. The summed E-state index contributed by atoms with van der Waals surface area (Å²) in [6, 6.07) is 0. The lowest BCUT2D eigenvalue weighted by Gasteiger charge is -2.00. The fraction of sp³-hybridized carbons (Fsp3) is 0.857. The average molecular weight is 146 g/mol. The molecule has 0 aromatic rings. The standard InChI is InChI=1S/C7H15NO2/c1-3-4-5-8-6-7(9)10-2/h8H,3-6H2,1-2H3/i6D. The van der Waals surface area contributed by atoms with Crippen LogP contribution in [0.15, 0.2) is 0 Å². The number of esters is 1. The molecule has 0 aliphatic heterocycles. The summed E-state index contributed by atoms with van der Waals surface area (Å²) in [5.74, 6) is -0.527. The van der Waals surface area contributed by atoms with Gasteiger partial charge in [-0.2, -0.15) is 0 Å². The van der Waals surface area contributed by atoms with Crippen molar-refractivity contribution in [2.75, 3.05) is 20.2 Å². The van der Waals surface area contributed by atoms with Gasteiger partial charge in [0.1, 0.15) is 0 Å². The summed E-state index contributed by atoms with van der Waals surface area (Å²) < 4.78 is 11.5. The Morgan fingerprint density at radius 1 is 1.80 bits per heavy atom. The highest BCUT2D eigenvalue weighted by Crippen LogP contribution is 1.81. The number of nitrogens with one attached hydrogen (secondary N) is 1. The van der Waals surface area contributed by atoms with Crippen LogP contribution in [0.5, 0.6) is 0 Å². The van der Waals surface area contributed by atoms with E-state index in [2.05, 4.69) is 17.0 Å². The van der Waals surface area contributed by atoms with E-state index in [1.807, 2.05) is 0 Å². The molecule has 10 heavy (non-hydrogen) atoms. The van der Waals surface area contributed by atoms with Crippen LogP contribution in [-0.4, -0.2) is 26.1 Å². The molecule has 0 aliphatic carbocycles. The van der Waals surface area contributed by atoms with Gasteiger partial charge in [-0.25, -0.2) is 0 Å². The predicted octanol–water partition coefficient (Wildman–Crippen LogP) is 0.549. The van der Waals surface area contributed by atoms with Crippen molar-refractivity contribution in [2.45, 2.75) is 19.8 Å². The van der Waals surface area contributed by atoms with Gasteiger partial charge in [0.2, 0.25) is 0 Å². The molecule has 0 saturated carbocycles. The Balaban J connectivity index is 3.36. The Kier molecular flexibility index (Phi) is 4.94. The summed E-state index contributed by atoms with van der Waals surface area (Å²) in [6.07, 6.45) is 2.03. The van der Waals surface area contributed by atoms with Crippen LogP contribution in [-0.2, 0) is 9.53 Å². The van der Waals surface area contributed by atoms with Crippen molar-refractivity contribution in [2.24, 2.45) is 0 Å². The Morgan fingerprint density at radius 3 is 3.00 bits per heavy atom. The molecule has 1 atom stereocenters. The van der Waals surface area contributed by atoms with Crippen molar-refractivity contribution in [3.8, 4) is 0 Å². The monoisotopic (exact) mass is 146 g/mol. The van der Waals surface area contributed by atoms with Crippen LogP contribution in [0, 0.1) is 0 Å². The van der Waals surface area contributed by atoms with Crippen molar-refractivity contribution < 1.29 is 10.9 Å². The number of unbranched alkanes of at least 4 members (excludes halogenated alkanes) is 1. The van der Waals surface area contributed by atoms with Crippen LogP contribution in [0.4, 0.5) is 0 Å². The number of methoxy groups -OCH3 is 1. The van der Waals surface area contributed by atoms with Crippen molar-refractivity contribution in [3.63, 3.8) is 0 Å². The Bertz CT molecular complexity index is 119. The smallest absolute Gasteiger partial charge is 0.319 e. The molecule has 3 nitrogen and oxygen atoms in total. The first kappa shape index (κ1) is 7.54. The van der Waals surface area contributed by atoms with E-state index in [1.54, 1.807) is 0 Å². The molecule has 0 saturated heterocycles. The quantitative estimate of drug-likeness (QED) is 0.454. The molecule has 0 rings (SSSR count). The van der Waals surface area contributed by atoms with E-state index in [4.69, 9.17) is 1.37 Å². The van der Waals surface area contributed by atoms with Gasteiger partial charge in [0.15, 0.2) is 0 Å². The van der Waals surface area contributed by atoms with E-state index in [1.165, 1.54) is 7.11 Å². The number of rotatable bonds is 5. The van der Waals surface area contributed by atoms with Crippen LogP contribution in [0.25, 0.3) is 0 Å². The second kappa shape index (κ2) is 6.55. The van der Waals surface area contributed by atoms with Crippen molar-refractivity contribution in [1.82, 2.24) is 5.32 Å². The maximum Gasteiger partial charge on any atom is 0.319 e. The second-order valence-electron chi connectivity index (χ2n) is 1.98. The highest BCUT2D eigenvalue weighted by atomic mass is 16.5. The molecule has 1 N–H and O–H groups in total. The van der Waals surface area contributed by atoms with Gasteiger partial charge >= 0.3 is 5.97 Å². The van der Waals surface area contributed by atoms with Crippen LogP contribution >= 0.6 is 0 Å². The summed E-state index contributed by atoms with van der Waals surface area (Å²) in [6.45, 7) is 1.82. The number of ether oxygens (including phenoxy) is 1. The van der Waals surface area contributed by atoms with Crippen LogP contribution in [0.3, 0.4) is 0 Å². The summed E-state index contributed by atoms with van der Waals surface area (Å²) in [5, 5.41) is 2.73. The van der Waals surface area contributed by atoms with Crippen LogP contribution in [0.1, 0.15) is 21.1 Å². The number of carbonyl (C=O) groups is 1. The molecule has 0 amide bonds. The zero-order valence-corrected chi connectivity index (χ0v) is 6.52. The number of hydrogen-bond acceptors (Lipinski definition) is 3. The van der Waals surface area contributed by atoms with Gasteiger partial charge in [-0.1, -0.05) is 13.3 Å². The lowest BCUT2D eigenvalue weighted by Crippen LogP contribution is -2.24. The zero-order chi connectivity index (χ0) is 8.69. The van der Waals surface area contributed by atoms with Gasteiger partial charge in [0.25, 0.3) is 0 Å². The molecule has 0 spiro atoms. The predicted molar refractivity (Wildman–Crippen MR) is 39.8 cm³/mol. The van der Waals surface area contributed by atoms with E-state index < -0.39 is 12.5 Å². The maximum absolute atomic E-state index is 10.6. The second-order valence-corrected chi connectivity index (χ2v) is 1.98. The van der Waals surface area contributed by atoms with E-state index >= 15 is 0 Å². The molecule has 0 aromatic heterocycles. The minimum absolute atomic E-state index is 0.527. The lowest BCUT2D eigenvalue weighted by molar-refractivity contribution is -0.139. The summed E-state index contributed by atoms with van der Waals surface area (Å²) in [5.41, 5.74) is 0. The molecular formula is C7H15NO2. The van der Waals surface area contributed by atoms with Gasteiger partial charge in [-0.15, -0.1) is 0 Å². The summed E-state index contributed by atoms with van der Waals surface area (Å²) in [7, 11) is 1.28. The lowest BCUT2D eigenvalue weighted by atomic mass is 10.3. The van der Waals surface area contributed by atoms with Gasteiger partial charge in [0.05, 0.1) is 15.0 Å². The van der Waals surface area contributed by atoms with Gasteiger partial charge < -0.3 is 10.1 Å². The highest BCUT2D eigenvalue weighted by molar-refractivity contribution is 5.71. The first-order valence-electron chi connectivity index (χ1n) is 4.03. The largest absolute Gasteiger partial charge is 0.468 e. The number of hydrogen-bond donors (Lipinski definition) is 1. The topological polar surface area (TPSA) is 38.3 Å². The first-order valence-corrected chi connectivity index (χ1v) is 3.45. The molecule has 1 unspecified atom stereocenters. The average Bonchev–Trinajstić information content (AvgIpc) is 2.03. The van der Waals surface area contributed by atoms with E-state index in [0.717, 1.165) is 12.8 Å². The van der Waals surface area contributed by atoms with Gasteiger partial charge in [-0.05, 0) is 13.0 Å². The fourth-order valence-electron chi connectivity index (χ4n) is 0.493. The third-order valence-electron chi connectivity index (χ3n) is 1.10. The van der Waals surface area contributed by atoms with E-state index in [-0.39, 0.29) is 0 Å². The molecule has 0 bridgehead atoms. The zero-order valence-electron chi connectivity index (χ0n) is 7.52. The van der Waals surface area contributed by atoms with Crippen molar-refractivity contribution in [3.05, 3.63) is 0 Å². The third-order valence-corrected chi connectivity index (χ3v) is 1.10. The Morgan fingerprint density at radius 2 is 2.50 bits per heavy atom. The molecule has 0 heterocycles. The van der Waals surface area contributed by atoms with Crippen LogP contribution in [0.2, 0.25) is 0 Å². The fourth-order valence-corrected chi connectivity index (χ4v) is 0.493. The molecule has 3 heteroatoms. The van der Waals surface area contributed by atoms with Gasteiger partial charge in [-0.3, -0.25) is 4.79 Å². The molecule has 60 valence electrons. The molecular weight excluding hydrogens is 130 g/mol. The molecule has 0 aliphatic rings. The minimum atomic E-state index is -0.924. The third kappa shape index (κ3) is 5.56. The van der Waals surface area contributed by atoms with Crippen LogP contribution < -0.4 is 5.32 Å².